The lowest BCUT2D eigenvalue weighted by molar-refractivity contribution is -0.125. The van der Waals surface area contributed by atoms with Crippen molar-refractivity contribution in [1.82, 2.24) is 5.32 Å². The van der Waals surface area contributed by atoms with Crippen LogP contribution in [0.1, 0.15) is 32.6 Å². The van der Waals surface area contributed by atoms with Crippen molar-refractivity contribution >= 4 is 17.5 Å². The van der Waals surface area contributed by atoms with Crippen LogP contribution in [0.15, 0.2) is 24.3 Å². The number of nitrogens with one attached hydrogen (secondary N) is 2. The third-order valence-corrected chi connectivity index (χ3v) is 3.88. The van der Waals surface area contributed by atoms with Crippen molar-refractivity contribution in [3.8, 4) is 5.75 Å². The molecule has 0 radical (unpaired) electrons. The Morgan fingerprint density at radius 1 is 1.23 bits per heavy atom. The molecule has 0 spiro atoms. The maximum atomic E-state index is 12.1. The van der Waals surface area contributed by atoms with Gasteiger partial charge < -0.3 is 15.4 Å². The van der Waals surface area contributed by atoms with Crippen molar-refractivity contribution in [3.05, 3.63) is 24.3 Å². The molecule has 1 saturated carbocycles. The molecular weight excluding hydrogens is 280 g/mol. The first-order valence-electron chi connectivity index (χ1n) is 7.88. The quantitative estimate of drug-likeness (QED) is 0.725. The number of ether oxygens (including phenoxy) is 1. The topological polar surface area (TPSA) is 67.4 Å². The van der Waals surface area contributed by atoms with Crippen molar-refractivity contribution in [2.45, 2.75) is 32.6 Å². The van der Waals surface area contributed by atoms with Crippen LogP contribution >= 0.6 is 0 Å². The van der Waals surface area contributed by atoms with Crippen molar-refractivity contribution in [2.24, 2.45) is 11.8 Å². The lowest BCUT2D eigenvalue weighted by atomic mass is 10.2. The fourth-order valence-electron chi connectivity index (χ4n) is 2.43. The zero-order valence-corrected chi connectivity index (χ0v) is 13.2. The Bertz CT molecular complexity index is 530. The van der Waals surface area contributed by atoms with Crippen LogP contribution < -0.4 is 15.4 Å². The molecule has 1 fully saturated rings. The minimum atomic E-state index is -0.211. The molecule has 0 aromatic heterocycles. The van der Waals surface area contributed by atoms with Crippen LogP contribution in [-0.2, 0) is 9.59 Å². The number of carbonyl (C=O) groups is 2. The molecule has 1 aliphatic carbocycles. The van der Waals surface area contributed by atoms with Crippen molar-refractivity contribution in [3.63, 3.8) is 0 Å². The van der Waals surface area contributed by atoms with E-state index in [-0.39, 0.29) is 23.7 Å². The highest BCUT2D eigenvalue weighted by Crippen LogP contribution is 2.39. The zero-order valence-electron chi connectivity index (χ0n) is 13.2. The molecule has 1 aromatic rings. The fourth-order valence-corrected chi connectivity index (χ4v) is 2.43. The minimum Gasteiger partial charge on any atom is -0.497 e. The molecule has 2 unspecified atom stereocenters. The summed E-state index contributed by atoms with van der Waals surface area (Å²) in [5, 5.41) is 5.75. The second-order valence-electron chi connectivity index (χ2n) is 5.67. The van der Waals surface area contributed by atoms with Gasteiger partial charge in [0.1, 0.15) is 5.75 Å². The average molecular weight is 304 g/mol. The van der Waals surface area contributed by atoms with E-state index in [1.165, 1.54) is 0 Å². The van der Waals surface area contributed by atoms with Crippen LogP contribution in [0.4, 0.5) is 5.69 Å². The Kier molecular flexibility index (Phi) is 5.81. The number of hydrogen-bond donors (Lipinski definition) is 2. The number of methoxy groups -OCH3 is 1. The normalized spacial score (nSPS) is 19.4. The molecule has 2 N–H and O–H groups in total. The molecule has 5 nitrogen and oxygen atoms in total. The Hall–Kier alpha value is -2.04. The summed E-state index contributed by atoms with van der Waals surface area (Å²) in [6, 6.07) is 7.21. The monoisotopic (exact) mass is 304 g/mol. The molecule has 0 heterocycles. The van der Waals surface area contributed by atoms with Gasteiger partial charge in [-0.25, -0.2) is 0 Å². The van der Waals surface area contributed by atoms with Gasteiger partial charge in [-0.05, 0) is 25.0 Å². The van der Waals surface area contributed by atoms with E-state index in [4.69, 9.17) is 4.74 Å². The summed E-state index contributed by atoms with van der Waals surface area (Å²) in [5.41, 5.74) is 0.693. The number of rotatable bonds is 8. The summed E-state index contributed by atoms with van der Waals surface area (Å²) in [5.74, 6) is 0.215. The smallest absolute Gasteiger partial charge is 0.228 e. The van der Waals surface area contributed by atoms with Crippen LogP contribution in [0.25, 0.3) is 0 Å². The van der Waals surface area contributed by atoms with Crippen molar-refractivity contribution in [1.29, 1.82) is 0 Å². The van der Waals surface area contributed by atoms with E-state index in [2.05, 4.69) is 17.6 Å². The van der Waals surface area contributed by atoms with Gasteiger partial charge in [0.15, 0.2) is 0 Å². The van der Waals surface area contributed by atoms with Crippen LogP contribution in [0.5, 0.6) is 5.75 Å². The predicted molar refractivity (Wildman–Crippen MR) is 85.8 cm³/mol. The van der Waals surface area contributed by atoms with Gasteiger partial charge in [0.05, 0.1) is 18.9 Å². The Labute approximate surface area is 131 Å². The van der Waals surface area contributed by atoms with Crippen molar-refractivity contribution in [2.75, 3.05) is 19.0 Å². The van der Waals surface area contributed by atoms with Crippen LogP contribution in [0.2, 0.25) is 0 Å². The van der Waals surface area contributed by atoms with E-state index in [0.29, 0.717) is 24.4 Å². The Morgan fingerprint density at radius 2 is 2.00 bits per heavy atom. The van der Waals surface area contributed by atoms with E-state index in [1.807, 2.05) is 18.2 Å². The third kappa shape index (κ3) is 4.48. The van der Waals surface area contributed by atoms with Crippen LogP contribution in [0.3, 0.4) is 0 Å². The number of unbranched alkanes of at least 4 members (excludes halogenated alkanes) is 2. The van der Waals surface area contributed by atoms with Gasteiger partial charge in [-0.1, -0.05) is 25.8 Å². The molecule has 2 rings (SSSR count). The van der Waals surface area contributed by atoms with E-state index in [1.54, 1.807) is 13.2 Å². The van der Waals surface area contributed by atoms with Crippen LogP contribution in [-0.4, -0.2) is 25.5 Å². The summed E-state index contributed by atoms with van der Waals surface area (Å²) in [6.07, 6.45) is 3.88. The summed E-state index contributed by atoms with van der Waals surface area (Å²) in [6.45, 7) is 2.83. The molecule has 0 saturated heterocycles. The molecule has 0 aliphatic heterocycles. The summed E-state index contributed by atoms with van der Waals surface area (Å²) in [4.78, 5) is 24.1. The van der Waals surface area contributed by atoms with Gasteiger partial charge in [0, 0.05) is 18.3 Å². The highest BCUT2D eigenvalue weighted by Gasteiger charge is 2.47. The molecule has 22 heavy (non-hydrogen) atoms. The fraction of sp³-hybridized carbons (Fsp3) is 0.529. The van der Waals surface area contributed by atoms with Crippen LogP contribution in [0, 0.1) is 11.8 Å². The number of hydrogen-bond acceptors (Lipinski definition) is 3. The molecule has 0 bridgehead atoms. The number of anilines is 1. The van der Waals surface area contributed by atoms with Gasteiger partial charge in [-0.15, -0.1) is 0 Å². The molecule has 2 atom stereocenters. The van der Waals surface area contributed by atoms with E-state index in [0.717, 1.165) is 19.3 Å². The number of carbonyl (C=O) groups excluding carboxylic acids is 2. The van der Waals surface area contributed by atoms with Gasteiger partial charge in [-0.2, -0.15) is 0 Å². The summed E-state index contributed by atoms with van der Waals surface area (Å²) in [7, 11) is 1.58. The summed E-state index contributed by atoms with van der Waals surface area (Å²) >= 11 is 0. The first kappa shape index (κ1) is 16.3. The van der Waals surface area contributed by atoms with E-state index >= 15 is 0 Å². The van der Waals surface area contributed by atoms with Gasteiger partial charge in [0.2, 0.25) is 11.8 Å². The SMILES string of the molecule is CCCCCNC(=O)C1CC1C(=O)Nc1cccc(OC)c1. The third-order valence-electron chi connectivity index (χ3n) is 3.88. The highest BCUT2D eigenvalue weighted by atomic mass is 16.5. The van der Waals surface area contributed by atoms with Crippen molar-refractivity contribution < 1.29 is 14.3 Å². The van der Waals surface area contributed by atoms with E-state index in [9.17, 15) is 9.59 Å². The molecule has 120 valence electrons. The highest BCUT2D eigenvalue weighted by molar-refractivity contribution is 5.99. The lowest BCUT2D eigenvalue weighted by Crippen LogP contribution is -2.28. The largest absolute Gasteiger partial charge is 0.497 e. The van der Waals surface area contributed by atoms with E-state index < -0.39 is 0 Å². The summed E-state index contributed by atoms with van der Waals surface area (Å²) < 4.78 is 5.12. The zero-order chi connectivity index (χ0) is 15.9. The molecule has 5 heteroatoms. The maximum absolute atomic E-state index is 12.1. The molecule has 1 aromatic carbocycles. The Balaban J connectivity index is 1.76. The number of amides is 2. The van der Waals surface area contributed by atoms with Gasteiger partial charge in [-0.3, -0.25) is 9.59 Å². The average Bonchev–Trinajstić information content (AvgIpc) is 3.32. The molecule has 2 amide bonds. The predicted octanol–water partition coefficient (Wildman–Crippen LogP) is 2.58. The number of benzene rings is 1. The standard InChI is InChI=1S/C17H24N2O3/c1-3-4-5-9-18-16(20)14-11-15(14)17(21)19-12-7-6-8-13(10-12)22-2/h6-8,10,14-15H,3-5,9,11H2,1-2H3,(H,18,20)(H,19,21). The molecular formula is C17H24N2O3. The van der Waals surface area contributed by atoms with Gasteiger partial charge in [0.25, 0.3) is 0 Å². The lowest BCUT2D eigenvalue weighted by Gasteiger charge is -2.07. The van der Waals surface area contributed by atoms with Gasteiger partial charge >= 0.3 is 0 Å². The second-order valence-corrected chi connectivity index (χ2v) is 5.67. The first-order valence-corrected chi connectivity index (χ1v) is 7.88. The molecule has 1 aliphatic rings. The Morgan fingerprint density at radius 3 is 2.73 bits per heavy atom. The first-order chi connectivity index (χ1) is 10.7. The second kappa shape index (κ2) is 7.82. The maximum Gasteiger partial charge on any atom is 0.228 e. The minimum absolute atomic E-state index is 0.00175.